The minimum absolute atomic E-state index is 0.484. The molecule has 0 aliphatic heterocycles. The normalized spacial score (nSPS) is 10.6. The summed E-state index contributed by atoms with van der Waals surface area (Å²) in [7, 11) is 1.91. The van der Waals surface area contributed by atoms with E-state index in [0.29, 0.717) is 6.61 Å². The van der Waals surface area contributed by atoms with Crippen LogP contribution in [-0.2, 0) is 13.2 Å². The second-order valence-corrected chi connectivity index (χ2v) is 5.60. The van der Waals surface area contributed by atoms with Crippen LogP contribution in [-0.4, -0.2) is 12.0 Å². The zero-order chi connectivity index (χ0) is 14.5. The molecule has 0 fully saturated rings. The monoisotopic (exact) mass is 334 g/mol. The molecule has 0 bridgehead atoms. The fourth-order valence-corrected chi connectivity index (χ4v) is 2.26. The van der Waals surface area contributed by atoms with E-state index in [4.69, 9.17) is 4.74 Å². The van der Waals surface area contributed by atoms with Crippen LogP contribution in [0, 0.1) is 13.8 Å². The van der Waals surface area contributed by atoms with Crippen LogP contribution in [0.4, 0.5) is 0 Å². The molecule has 1 N–H and O–H groups in total. The molecule has 0 spiro atoms. The molecule has 0 aliphatic carbocycles. The largest absolute Gasteiger partial charge is 0.487 e. The van der Waals surface area contributed by atoms with Gasteiger partial charge in [-0.1, -0.05) is 22.0 Å². The van der Waals surface area contributed by atoms with Crippen molar-refractivity contribution < 1.29 is 4.74 Å². The van der Waals surface area contributed by atoms with E-state index in [9.17, 15) is 0 Å². The van der Waals surface area contributed by atoms with Crippen LogP contribution in [0.25, 0.3) is 0 Å². The topological polar surface area (TPSA) is 34.1 Å². The number of aromatic nitrogens is 1. The molecule has 0 radical (unpaired) electrons. The predicted octanol–water partition coefficient (Wildman–Crippen LogP) is 3.76. The second-order valence-electron chi connectivity index (χ2n) is 4.81. The van der Waals surface area contributed by atoms with E-state index in [1.807, 2.05) is 37.4 Å². The zero-order valence-electron chi connectivity index (χ0n) is 12.0. The first-order chi connectivity index (χ1) is 9.60. The Hall–Kier alpha value is -1.39. The number of hydrogen-bond acceptors (Lipinski definition) is 3. The van der Waals surface area contributed by atoms with Crippen LogP contribution in [0.2, 0.25) is 0 Å². The minimum Gasteiger partial charge on any atom is -0.487 e. The number of hydrogen-bond donors (Lipinski definition) is 1. The Morgan fingerprint density at radius 1 is 1.15 bits per heavy atom. The Bertz CT molecular complexity index is 576. The SMILES string of the molecule is CNCc1cccc(COc2cc(C)c(Br)c(C)c2)n1. The molecule has 0 amide bonds. The second kappa shape index (κ2) is 6.86. The summed E-state index contributed by atoms with van der Waals surface area (Å²) in [5.74, 6) is 0.879. The van der Waals surface area contributed by atoms with Crippen molar-refractivity contribution in [1.29, 1.82) is 0 Å². The molecular weight excluding hydrogens is 316 g/mol. The van der Waals surface area contributed by atoms with Gasteiger partial charge in [-0.15, -0.1) is 0 Å². The Kier molecular flexibility index (Phi) is 5.15. The smallest absolute Gasteiger partial charge is 0.130 e. The number of rotatable bonds is 5. The van der Waals surface area contributed by atoms with Gasteiger partial charge in [0.25, 0.3) is 0 Å². The fraction of sp³-hybridized carbons (Fsp3) is 0.312. The number of nitrogens with zero attached hydrogens (tertiary/aromatic N) is 1. The van der Waals surface area contributed by atoms with Crippen molar-refractivity contribution in [2.24, 2.45) is 0 Å². The molecule has 0 atom stereocenters. The fourth-order valence-electron chi connectivity index (χ4n) is 2.04. The number of aryl methyl sites for hydroxylation is 2. The van der Waals surface area contributed by atoms with E-state index < -0.39 is 0 Å². The number of halogens is 1. The molecule has 1 aromatic carbocycles. The van der Waals surface area contributed by atoms with Crippen LogP contribution in [0.15, 0.2) is 34.8 Å². The van der Waals surface area contributed by atoms with Crippen LogP contribution < -0.4 is 10.1 Å². The summed E-state index contributed by atoms with van der Waals surface area (Å²) in [5.41, 5.74) is 4.32. The van der Waals surface area contributed by atoms with E-state index >= 15 is 0 Å². The highest BCUT2D eigenvalue weighted by Crippen LogP contribution is 2.26. The van der Waals surface area contributed by atoms with E-state index in [0.717, 1.165) is 28.2 Å². The van der Waals surface area contributed by atoms with Gasteiger partial charge in [-0.2, -0.15) is 0 Å². The van der Waals surface area contributed by atoms with Crippen LogP contribution in [0.5, 0.6) is 5.75 Å². The molecule has 1 heterocycles. The summed E-state index contributed by atoms with van der Waals surface area (Å²) in [4.78, 5) is 4.54. The third kappa shape index (κ3) is 3.81. The lowest BCUT2D eigenvalue weighted by Crippen LogP contribution is -2.08. The number of benzene rings is 1. The van der Waals surface area contributed by atoms with Gasteiger partial charge < -0.3 is 10.1 Å². The Morgan fingerprint density at radius 2 is 1.80 bits per heavy atom. The van der Waals surface area contributed by atoms with Gasteiger partial charge in [-0.25, -0.2) is 0 Å². The average molecular weight is 335 g/mol. The summed E-state index contributed by atoms with van der Waals surface area (Å²) in [6.45, 7) is 5.38. The van der Waals surface area contributed by atoms with Gasteiger partial charge in [0, 0.05) is 11.0 Å². The molecule has 0 saturated carbocycles. The average Bonchev–Trinajstić information content (AvgIpc) is 2.43. The van der Waals surface area contributed by atoms with E-state index in [2.05, 4.69) is 40.1 Å². The summed E-state index contributed by atoms with van der Waals surface area (Å²) in [5, 5.41) is 3.10. The van der Waals surface area contributed by atoms with Crippen molar-refractivity contribution >= 4 is 15.9 Å². The summed E-state index contributed by atoms with van der Waals surface area (Å²) >= 11 is 3.56. The zero-order valence-corrected chi connectivity index (χ0v) is 13.6. The van der Waals surface area contributed by atoms with Crippen molar-refractivity contribution in [2.75, 3.05) is 7.05 Å². The molecule has 3 nitrogen and oxygen atoms in total. The highest BCUT2D eigenvalue weighted by molar-refractivity contribution is 9.10. The summed E-state index contributed by atoms with van der Waals surface area (Å²) in [6.07, 6.45) is 0. The molecule has 2 rings (SSSR count). The lowest BCUT2D eigenvalue weighted by molar-refractivity contribution is 0.300. The first kappa shape index (κ1) is 15.0. The van der Waals surface area contributed by atoms with Crippen molar-refractivity contribution in [3.63, 3.8) is 0 Å². The van der Waals surface area contributed by atoms with Gasteiger partial charge in [-0.3, -0.25) is 4.98 Å². The van der Waals surface area contributed by atoms with E-state index in [-0.39, 0.29) is 0 Å². The van der Waals surface area contributed by atoms with Crippen LogP contribution >= 0.6 is 15.9 Å². The molecule has 0 unspecified atom stereocenters. The first-order valence-electron chi connectivity index (χ1n) is 6.59. The summed E-state index contributed by atoms with van der Waals surface area (Å²) < 4.78 is 6.98. The highest BCUT2D eigenvalue weighted by atomic mass is 79.9. The van der Waals surface area contributed by atoms with Crippen LogP contribution in [0.1, 0.15) is 22.5 Å². The maximum absolute atomic E-state index is 5.84. The molecule has 0 saturated heterocycles. The molecule has 0 aliphatic rings. The van der Waals surface area contributed by atoms with Gasteiger partial charge in [0.05, 0.1) is 11.4 Å². The molecule has 2 aromatic rings. The number of ether oxygens (including phenoxy) is 1. The minimum atomic E-state index is 0.484. The van der Waals surface area contributed by atoms with Gasteiger partial charge in [0.15, 0.2) is 0 Å². The maximum Gasteiger partial charge on any atom is 0.130 e. The number of pyridine rings is 1. The van der Waals surface area contributed by atoms with Crippen LogP contribution in [0.3, 0.4) is 0 Å². The Morgan fingerprint density at radius 3 is 2.45 bits per heavy atom. The van der Waals surface area contributed by atoms with E-state index in [1.165, 1.54) is 11.1 Å². The number of nitrogens with one attached hydrogen (secondary N) is 1. The van der Waals surface area contributed by atoms with Gasteiger partial charge in [0.2, 0.25) is 0 Å². The first-order valence-corrected chi connectivity index (χ1v) is 7.38. The third-order valence-corrected chi connectivity index (χ3v) is 4.27. The summed E-state index contributed by atoms with van der Waals surface area (Å²) in [6, 6.07) is 10.1. The standard InChI is InChI=1S/C16H19BrN2O/c1-11-7-15(8-12(2)16(11)17)20-10-14-6-4-5-13(19-14)9-18-3/h4-8,18H,9-10H2,1-3H3. The predicted molar refractivity (Wildman–Crippen MR) is 84.9 cm³/mol. The maximum atomic E-state index is 5.84. The van der Waals surface area contributed by atoms with Crippen molar-refractivity contribution in [1.82, 2.24) is 10.3 Å². The van der Waals surface area contributed by atoms with Crippen molar-refractivity contribution in [2.45, 2.75) is 27.0 Å². The van der Waals surface area contributed by atoms with Gasteiger partial charge in [0.1, 0.15) is 12.4 Å². The van der Waals surface area contributed by atoms with E-state index in [1.54, 1.807) is 0 Å². The quantitative estimate of drug-likeness (QED) is 0.903. The lowest BCUT2D eigenvalue weighted by Gasteiger charge is -2.10. The molecular formula is C16H19BrN2O. The van der Waals surface area contributed by atoms with Crippen molar-refractivity contribution in [3.05, 3.63) is 57.3 Å². The van der Waals surface area contributed by atoms with Gasteiger partial charge >= 0.3 is 0 Å². The molecule has 4 heteroatoms. The molecule has 1 aromatic heterocycles. The highest BCUT2D eigenvalue weighted by Gasteiger charge is 2.04. The lowest BCUT2D eigenvalue weighted by atomic mass is 10.1. The Balaban J connectivity index is 2.07. The Labute approximate surface area is 128 Å². The van der Waals surface area contributed by atoms with Crippen molar-refractivity contribution in [3.8, 4) is 5.75 Å². The third-order valence-electron chi connectivity index (χ3n) is 3.02. The molecule has 20 heavy (non-hydrogen) atoms. The molecule has 106 valence electrons. The van der Waals surface area contributed by atoms with Gasteiger partial charge in [-0.05, 0) is 56.3 Å².